The van der Waals surface area contributed by atoms with Gasteiger partial charge in [-0.05, 0) is 48.9 Å². The molecule has 0 bridgehead atoms. The van der Waals surface area contributed by atoms with Crippen molar-refractivity contribution < 1.29 is 23.4 Å². The number of carbonyl (C=O) groups excluding carboxylic acids is 1. The van der Waals surface area contributed by atoms with E-state index < -0.39 is 5.82 Å². The molecule has 1 N–H and O–H groups in total. The normalized spacial score (nSPS) is 10.4. The highest BCUT2D eigenvalue weighted by molar-refractivity contribution is 7.14. The Bertz CT molecular complexity index is 960. The van der Waals surface area contributed by atoms with Gasteiger partial charge in [-0.2, -0.15) is 0 Å². The van der Waals surface area contributed by atoms with Crippen LogP contribution in [0.1, 0.15) is 12.8 Å². The number of hydrogen-bond donors (Lipinski definition) is 1. The van der Waals surface area contributed by atoms with E-state index in [9.17, 15) is 9.18 Å². The van der Waals surface area contributed by atoms with Crippen LogP contribution < -0.4 is 19.5 Å². The van der Waals surface area contributed by atoms with Crippen LogP contribution in [0.5, 0.6) is 17.2 Å². The van der Waals surface area contributed by atoms with Gasteiger partial charge in [0, 0.05) is 17.4 Å². The van der Waals surface area contributed by atoms with E-state index in [1.165, 1.54) is 24.5 Å². The molecule has 1 heterocycles. The number of nitrogens with zero attached hydrogens (tertiary/aromatic N) is 1. The molecule has 0 saturated heterocycles. The quantitative estimate of drug-likeness (QED) is 0.509. The summed E-state index contributed by atoms with van der Waals surface area (Å²) in [6, 6.07) is 11.9. The summed E-state index contributed by atoms with van der Waals surface area (Å²) in [7, 11) is 3.02. The van der Waals surface area contributed by atoms with E-state index in [1.54, 1.807) is 24.6 Å². The van der Waals surface area contributed by atoms with E-state index in [4.69, 9.17) is 14.2 Å². The van der Waals surface area contributed by atoms with Crippen LogP contribution in [0, 0.1) is 5.82 Å². The van der Waals surface area contributed by atoms with Crippen molar-refractivity contribution in [3.8, 4) is 28.5 Å². The van der Waals surface area contributed by atoms with Gasteiger partial charge in [0.2, 0.25) is 5.91 Å². The molecule has 152 valence electrons. The fourth-order valence-electron chi connectivity index (χ4n) is 2.57. The Labute approximate surface area is 172 Å². The summed E-state index contributed by atoms with van der Waals surface area (Å²) < 4.78 is 29.5. The Hall–Kier alpha value is -3.13. The SMILES string of the molecule is COc1ccc(OCCCC(=O)Nc2nc(-c3ccc(OC)c(F)c3)cs2)cc1. The number of benzene rings is 2. The Kier molecular flexibility index (Phi) is 7.02. The Morgan fingerprint density at radius 3 is 2.55 bits per heavy atom. The van der Waals surface area contributed by atoms with E-state index in [-0.39, 0.29) is 11.7 Å². The van der Waals surface area contributed by atoms with Gasteiger partial charge >= 0.3 is 0 Å². The van der Waals surface area contributed by atoms with Crippen molar-refractivity contribution in [2.45, 2.75) is 12.8 Å². The topological polar surface area (TPSA) is 69.7 Å². The number of nitrogens with one attached hydrogen (secondary N) is 1. The second-order valence-corrected chi connectivity index (χ2v) is 6.92. The average molecular weight is 416 g/mol. The van der Waals surface area contributed by atoms with Gasteiger partial charge < -0.3 is 19.5 Å². The van der Waals surface area contributed by atoms with E-state index >= 15 is 0 Å². The summed E-state index contributed by atoms with van der Waals surface area (Å²) >= 11 is 1.29. The van der Waals surface area contributed by atoms with Gasteiger partial charge in [0.05, 0.1) is 26.5 Å². The van der Waals surface area contributed by atoms with Crippen molar-refractivity contribution in [3.63, 3.8) is 0 Å². The van der Waals surface area contributed by atoms with E-state index in [2.05, 4.69) is 10.3 Å². The third kappa shape index (κ3) is 5.68. The average Bonchev–Trinajstić information content (AvgIpc) is 3.20. The third-order valence-electron chi connectivity index (χ3n) is 4.07. The van der Waals surface area contributed by atoms with Gasteiger partial charge in [-0.15, -0.1) is 11.3 Å². The number of carbonyl (C=O) groups is 1. The summed E-state index contributed by atoms with van der Waals surface area (Å²) in [4.78, 5) is 16.4. The first kappa shape index (κ1) is 20.6. The lowest BCUT2D eigenvalue weighted by molar-refractivity contribution is -0.116. The molecule has 1 aromatic heterocycles. The molecule has 3 aromatic rings. The molecule has 1 amide bonds. The Balaban J connectivity index is 1.45. The number of halogens is 1. The zero-order valence-corrected chi connectivity index (χ0v) is 16.9. The molecule has 2 aromatic carbocycles. The Morgan fingerprint density at radius 1 is 1.10 bits per heavy atom. The number of hydrogen-bond acceptors (Lipinski definition) is 6. The second-order valence-electron chi connectivity index (χ2n) is 6.06. The molecular weight excluding hydrogens is 395 g/mol. The van der Waals surface area contributed by atoms with Crippen LogP contribution in [0.3, 0.4) is 0 Å². The zero-order valence-electron chi connectivity index (χ0n) is 16.1. The van der Waals surface area contributed by atoms with Crippen LogP contribution in [-0.2, 0) is 4.79 Å². The fraction of sp³-hybridized carbons (Fsp3) is 0.238. The minimum absolute atomic E-state index is 0.148. The maximum Gasteiger partial charge on any atom is 0.226 e. The lowest BCUT2D eigenvalue weighted by atomic mass is 10.1. The smallest absolute Gasteiger partial charge is 0.226 e. The molecule has 0 spiro atoms. The van der Waals surface area contributed by atoms with Gasteiger partial charge in [-0.3, -0.25) is 4.79 Å². The number of methoxy groups -OCH3 is 2. The molecular formula is C21H21FN2O4S. The number of thiazole rings is 1. The lowest BCUT2D eigenvalue weighted by Gasteiger charge is -2.07. The predicted molar refractivity (Wildman–Crippen MR) is 110 cm³/mol. The summed E-state index contributed by atoms with van der Waals surface area (Å²) in [6.07, 6.45) is 0.877. The lowest BCUT2D eigenvalue weighted by Crippen LogP contribution is -2.12. The van der Waals surface area contributed by atoms with Gasteiger partial charge in [-0.25, -0.2) is 9.37 Å². The van der Waals surface area contributed by atoms with E-state index in [0.717, 1.165) is 11.5 Å². The first-order chi connectivity index (χ1) is 14.1. The number of aromatic nitrogens is 1. The van der Waals surface area contributed by atoms with Gasteiger partial charge in [0.15, 0.2) is 16.7 Å². The number of ether oxygens (including phenoxy) is 3. The van der Waals surface area contributed by atoms with Crippen molar-refractivity contribution in [2.24, 2.45) is 0 Å². The molecule has 0 aliphatic rings. The van der Waals surface area contributed by atoms with Crippen LogP contribution >= 0.6 is 11.3 Å². The number of rotatable bonds is 9. The van der Waals surface area contributed by atoms with Crippen molar-refractivity contribution in [3.05, 3.63) is 53.7 Å². The Morgan fingerprint density at radius 2 is 1.86 bits per heavy atom. The minimum atomic E-state index is -0.458. The highest BCUT2D eigenvalue weighted by Gasteiger charge is 2.10. The van der Waals surface area contributed by atoms with E-state index in [0.29, 0.717) is 35.8 Å². The summed E-state index contributed by atoms with van der Waals surface area (Å²) in [5.41, 5.74) is 1.21. The standard InChI is InChI=1S/C21H21FN2O4S/c1-26-15-6-8-16(9-7-15)28-11-3-4-20(25)24-21-23-18(13-29-21)14-5-10-19(27-2)17(22)12-14/h5-10,12-13H,3-4,11H2,1-2H3,(H,23,24,25). The van der Waals surface area contributed by atoms with Gasteiger partial charge in [-0.1, -0.05) is 0 Å². The van der Waals surface area contributed by atoms with Gasteiger partial charge in [0.25, 0.3) is 0 Å². The van der Waals surface area contributed by atoms with Crippen LogP contribution in [0.2, 0.25) is 0 Å². The highest BCUT2D eigenvalue weighted by Crippen LogP contribution is 2.28. The molecule has 6 nitrogen and oxygen atoms in total. The molecule has 0 unspecified atom stereocenters. The molecule has 0 aliphatic carbocycles. The number of anilines is 1. The maximum atomic E-state index is 13.8. The molecule has 8 heteroatoms. The van der Waals surface area contributed by atoms with Crippen LogP contribution in [-0.4, -0.2) is 31.7 Å². The minimum Gasteiger partial charge on any atom is -0.497 e. The summed E-state index contributed by atoms with van der Waals surface area (Å²) in [6.45, 7) is 0.425. The van der Waals surface area contributed by atoms with Crippen LogP contribution in [0.25, 0.3) is 11.3 Å². The molecule has 0 fully saturated rings. The fourth-order valence-corrected chi connectivity index (χ4v) is 3.30. The molecule has 0 radical (unpaired) electrons. The first-order valence-corrected chi connectivity index (χ1v) is 9.83. The van der Waals surface area contributed by atoms with Crippen LogP contribution in [0.4, 0.5) is 9.52 Å². The summed E-state index contributed by atoms with van der Waals surface area (Å²) in [5, 5.41) is 5.00. The number of amides is 1. The highest BCUT2D eigenvalue weighted by atomic mass is 32.1. The van der Waals surface area contributed by atoms with Crippen molar-refractivity contribution in [2.75, 3.05) is 26.1 Å². The molecule has 29 heavy (non-hydrogen) atoms. The molecule has 3 rings (SSSR count). The molecule has 0 atom stereocenters. The predicted octanol–water partition coefficient (Wildman–Crippen LogP) is 4.76. The van der Waals surface area contributed by atoms with Gasteiger partial charge in [0.1, 0.15) is 11.5 Å². The van der Waals surface area contributed by atoms with Crippen molar-refractivity contribution in [1.29, 1.82) is 0 Å². The maximum absolute atomic E-state index is 13.8. The third-order valence-corrected chi connectivity index (χ3v) is 4.83. The van der Waals surface area contributed by atoms with Crippen LogP contribution in [0.15, 0.2) is 47.8 Å². The molecule has 0 saturated carbocycles. The second kappa shape index (κ2) is 9.88. The largest absolute Gasteiger partial charge is 0.497 e. The van der Waals surface area contributed by atoms with Crippen molar-refractivity contribution in [1.82, 2.24) is 4.98 Å². The molecule has 0 aliphatic heterocycles. The van der Waals surface area contributed by atoms with Crippen molar-refractivity contribution >= 4 is 22.4 Å². The zero-order chi connectivity index (χ0) is 20.6. The van der Waals surface area contributed by atoms with E-state index in [1.807, 2.05) is 24.3 Å². The first-order valence-electron chi connectivity index (χ1n) is 8.95. The summed E-state index contributed by atoms with van der Waals surface area (Å²) in [5.74, 6) is 1.05. The monoisotopic (exact) mass is 416 g/mol.